The van der Waals surface area contributed by atoms with Crippen molar-refractivity contribution in [3.8, 4) is 11.5 Å². The number of carboxylic acids is 1. The van der Waals surface area contributed by atoms with Crippen LogP contribution in [0.2, 0.25) is 0 Å². The molecule has 202 valence electrons. The number of halogens is 1. The number of ether oxygens (including phenoxy) is 2. The number of thioether (sulfide) groups is 1. The number of nitrogens with one attached hydrogen (secondary N) is 2. The van der Waals surface area contributed by atoms with Crippen LogP contribution in [-0.4, -0.2) is 64.2 Å². The highest BCUT2D eigenvalue weighted by atomic mass is 79.9. The molecule has 11 nitrogen and oxygen atoms in total. The van der Waals surface area contributed by atoms with Gasteiger partial charge in [0.25, 0.3) is 5.91 Å². The SMILES string of the molecule is COc1ccc(NC(=O)COc2ccc(Br)cc2[C@H]2c3sc(=O)[nH]c3SC3C(=O)N(CC(=O)O)C(=O)C32)cc1. The first kappa shape index (κ1) is 27.0. The molecule has 0 radical (unpaired) electrons. The summed E-state index contributed by atoms with van der Waals surface area (Å²) in [4.78, 5) is 66.4. The lowest BCUT2D eigenvalue weighted by atomic mass is 9.82. The molecule has 5 rings (SSSR count). The van der Waals surface area contributed by atoms with E-state index < -0.39 is 47.3 Å². The van der Waals surface area contributed by atoms with Gasteiger partial charge in [-0.3, -0.25) is 28.9 Å². The molecule has 0 spiro atoms. The minimum atomic E-state index is -1.31. The average molecular weight is 634 g/mol. The molecule has 3 N–H and O–H groups in total. The quantitative estimate of drug-likeness (QED) is 0.317. The first-order chi connectivity index (χ1) is 18.7. The van der Waals surface area contributed by atoms with Crippen LogP contribution in [0.1, 0.15) is 16.4 Å². The lowest BCUT2D eigenvalue weighted by Crippen LogP contribution is -2.36. The molecule has 1 fully saturated rings. The van der Waals surface area contributed by atoms with Gasteiger partial charge in [-0.15, -0.1) is 0 Å². The molecule has 3 atom stereocenters. The minimum absolute atomic E-state index is 0.280. The fraction of sp³-hybridized carbons (Fsp3) is 0.240. The monoisotopic (exact) mass is 633 g/mol. The number of aromatic nitrogens is 1. The smallest absolute Gasteiger partial charge is 0.323 e. The number of carbonyl (C=O) groups excluding carboxylic acids is 3. The summed E-state index contributed by atoms with van der Waals surface area (Å²) in [5.41, 5.74) is 1.02. The van der Waals surface area contributed by atoms with Crippen molar-refractivity contribution in [3.05, 3.63) is 67.0 Å². The summed E-state index contributed by atoms with van der Waals surface area (Å²) in [5, 5.41) is 11.5. The van der Waals surface area contributed by atoms with Crippen LogP contribution in [0.3, 0.4) is 0 Å². The molecule has 2 unspecified atom stereocenters. The number of thiazole rings is 1. The Morgan fingerprint density at radius 2 is 1.87 bits per heavy atom. The number of hydrogen-bond donors (Lipinski definition) is 3. The number of imide groups is 1. The molecule has 1 saturated heterocycles. The molecule has 2 aromatic carbocycles. The van der Waals surface area contributed by atoms with Crippen molar-refractivity contribution in [3.63, 3.8) is 0 Å². The first-order valence-electron chi connectivity index (χ1n) is 11.5. The van der Waals surface area contributed by atoms with E-state index in [9.17, 15) is 29.1 Å². The summed E-state index contributed by atoms with van der Waals surface area (Å²) in [5.74, 6) is -3.85. The van der Waals surface area contributed by atoms with Crippen LogP contribution in [-0.2, 0) is 19.2 Å². The van der Waals surface area contributed by atoms with Gasteiger partial charge in [-0.05, 0) is 42.5 Å². The number of anilines is 1. The number of likely N-dealkylation sites (tertiary alicyclic amines) is 1. The zero-order valence-corrected chi connectivity index (χ0v) is 23.4. The predicted octanol–water partition coefficient (Wildman–Crippen LogP) is 2.90. The third kappa shape index (κ3) is 5.31. The summed E-state index contributed by atoms with van der Waals surface area (Å²) >= 11 is 5.39. The van der Waals surface area contributed by atoms with Gasteiger partial charge in [-0.1, -0.05) is 39.0 Å². The number of methoxy groups -OCH3 is 1. The van der Waals surface area contributed by atoms with Gasteiger partial charge in [-0.25, -0.2) is 0 Å². The van der Waals surface area contributed by atoms with Crippen molar-refractivity contribution < 1.29 is 33.8 Å². The number of aromatic amines is 1. The maximum absolute atomic E-state index is 13.4. The molecular formula is C25H20BrN3O8S2. The van der Waals surface area contributed by atoms with E-state index in [0.717, 1.165) is 28.0 Å². The van der Waals surface area contributed by atoms with Gasteiger partial charge in [0.15, 0.2) is 6.61 Å². The maximum atomic E-state index is 13.4. The molecular weight excluding hydrogens is 614 g/mol. The largest absolute Gasteiger partial charge is 0.497 e. The highest BCUT2D eigenvalue weighted by Crippen LogP contribution is 2.54. The van der Waals surface area contributed by atoms with Gasteiger partial charge in [0.05, 0.1) is 18.1 Å². The van der Waals surface area contributed by atoms with Crippen LogP contribution in [0.15, 0.2) is 56.8 Å². The Morgan fingerprint density at radius 3 is 2.56 bits per heavy atom. The van der Waals surface area contributed by atoms with Crippen molar-refractivity contribution in [1.82, 2.24) is 9.88 Å². The molecule has 0 bridgehead atoms. The third-order valence-electron chi connectivity index (χ3n) is 6.25. The second-order valence-electron chi connectivity index (χ2n) is 8.65. The van der Waals surface area contributed by atoms with Gasteiger partial charge >= 0.3 is 10.8 Å². The fourth-order valence-electron chi connectivity index (χ4n) is 4.61. The Morgan fingerprint density at radius 1 is 1.13 bits per heavy atom. The van der Waals surface area contributed by atoms with Gasteiger partial charge in [0.2, 0.25) is 11.8 Å². The number of carboxylic acid groups (broad SMARTS) is 1. The summed E-state index contributed by atoms with van der Waals surface area (Å²) in [7, 11) is 1.54. The molecule has 3 heterocycles. The van der Waals surface area contributed by atoms with Gasteiger partial charge < -0.3 is 24.9 Å². The Kier molecular flexibility index (Phi) is 7.51. The molecule has 3 amide bonds. The van der Waals surface area contributed by atoms with E-state index in [1.54, 1.807) is 42.5 Å². The van der Waals surface area contributed by atoms with E-state index in [1.807, 2.05) is 0 Å². The molecule has 14 heteroatoms. The number of fused-ring (bicyclic) bond motifs is 2. The van der Waals surface area contributed by atoms with Crippen molar-refractivity contribution in [2.75, 3.05) is 25.6 Å². The Hall–Kier alpha value is -3.62. The molecule has 2 aliphatic rings. The second-order valence-corrected chi connectivity index (χ2v) is 11.7. The highest BCUT2D eigenvalue weighted by Gasteiger charge is 2.56. The molecule has 0 saturated carbocycles. The Labute approximate surface area is 237 Å². The van der Waals surface area contributed by atoms with Gasteiger partial charge in [-0.2, -0.15) is 0 Å². The zero-order valence-electron chi connectivity index (χ0n) is 20.1. The number of carbonyl (C=O) groups is 4. The molecule has 3 aromatic rings. The van der Waals surface area contributed by atoms with Crippen LogP contribution in [0.25, 0.3) is 0 Å². The summed E-state index contributed by atoms with van der Waals surface area (Å²) in [6.45, 7) is -1.11. The van der Waals surface area contributed by atoms with Crippen molar-refractivity contribution in [1.29, 1.82) is 0 Å². The summed E-state index contributed by atoms with van der Waals surface area (Å²) in [6.07, 6.45) is 0. The number of hydrogen-bond acceptors (Lipinski definition) is 9. The Balaban J connectivity index is 1.47. The predicted molar refractivity (Wildman–Crippen MR) is 146 cm³/mol. The standard InChI is InChI=1S/C25H20BrN3O8S2/c1-36-13-5-3-12(4-6-13)27-16(30)10-37-15-7-2-11(26)8-14(15)18-19-21(38-22-20(18)39-25(35)28-22)24(34)29(23(19)33)9-17(31)32/h2-8,18-19,21H,9-10H2,1H3,(H,27,30)(H,28,35)(H,31,32)/t18-,19?,21?/m1/s1. The number of H-pyrrole nitrogens is 1. The number of benzene rings is 2. The van der Waals surface area contributed by atoms with Crippen LogP contribution < -0.4 is 19.7 Å². The lowest BCUT2D eigenvalue weighted by Gasteiger charge is -2.31. The summed E-state index contributed by atoms with van der Waals surface area (Å²) in [6, 6.07) is 11.8. The number of nitrogens with zero attached hydrogens (tertiary/aromatic N) is 1. The molecule has 0 aliphatic carbocycles. The average Bonchev–Trinajstić information content (AvgIpc) is 3.38. The summed E-state index contributed by atoms with van der Waals surface area (Å²) < 4.78 is 11.7. The minimum Gasteiger partial charge on any atom is -0.497 e. The number of aliphatic carboxylic acids is 1. The van der Waals surface area contributed by atoms with E-state index in [1.165, 1.54) is 7.11 Å². The van der Waals surface area contributed by atoms with Crippen molar-refractivity contribution in [2.45, 2.75) is 16.2 Å². The van der Waals surface area contributed by atoms with E-state index in [4.69, 9.17) is 9.47 Å². The molecule has 39 heavy (non-hydrogen) atoms. The Bertz CT molecular complexity index is 1540. The maximum Gasteiger partial charge on any atom is 0.323 e. The molecule has 2 aliphatic heterocycles. The van der Waals surface area contributed by atoms with Crippen LogP contribution in [0.4, 0.5) is 5.69 Å². The second kappa shape index (κ2) is 10.9. The van der Waals surface area contributed by atoms with Crippen molar-refractivity contribution in [2.24, 2.45) is 5.92 Å². The number of amides is 3. The number of rotatable bonds is 8. The van der Waals surface area contributed by atoms with Crippen LogP contribution >= 0.6 is 39.0 Å². The van der Waals surface area contributed by atoms with Gasteiger partial charge in [0, 0.05) is 26.5 Å². The zero-order chi connectivity index (χ0) is 27.8. The van der Waals surface area contributed by atoms with E-state index in [2.05, 4.69) is 26.2 Å². The highest BCUT2D eigenvalue weighted by molar-refractivity contribution is 9.10. The van der Waals surface area contributed by atoms with Gasteiger partial charge in [0.1, 0.15) is 23.3 Å². The van der Waals surface area contributed by atoms with Crippen LogP contribution in [0.5, 0.6) is 11.5 Å². The van der Waals surface area contributed by atoms with Crippen molar-refractivity contribution >= 4 is 68.4 Å². The first-order valence-corrected chi connectivity index (χ1v) is 14.0. The topological polar surface area (TPSA) is 155 Å². The van der Waals surface area contributed by atoms with Crippen LogP contribution in [0, 0.1) is 5.92 Å². The van der Waals surface area contributed by atoms with E-state index >= 15 is 0 Å². The fourth-order valence-corrected chi connectivity index (χ4v) is 7.52. The van der Waals surface area contributed by atoms with E-state index in [-0.39, 0.29) is 17.2 Å². The third-order valence-corrected chi connectivity index (χ3v) is 9.14. The molecule has 1 aromatic heterocycles. The van der Waals surface area contributed by atoms with E-state index in [0.29, 0.717) is 31.4 Å². The normalized spacial score (nSPS) is 19.8. The lowest BCUT2D eigenvalue weighted by molar-refractivity contribution is -0.149.